The van der Waals surface area contributed by atoms with Crippen LogP contribution in [0.4, 0.5) is 0 Å². The van der Waals surface area contributed by atoms with Crippen molar-refractivity contribution in [1.82, 2.24) is 14.2 Å². The number of fused-ring (bicyclic) bond motifs is 1. The van der Waals surface area contributed by atoms with E-state index in [1.807, 2.05) is 24.3 Å². The quantitative estimate of drug-likeness (QED) is 0.826. The number of benzene rings is 1. The molecule has 2 heterocycles. The van der Waals surface area contributed by atoms with E-state index < -0.39 is 10.0 Å². The van der Waals surface area contributed by atoms with Crippen LogP contribution in [0, 0.1) is 0 Å². The lowest BCUT2D eigenvalue weighted by atomic mass is 10.1. The highest BCUT2D eigenvalue weighted by atomic mass is 32.2. The summed E-state index contributed by atoms with van der Waals surface area (Å²) in [5, 5.41) is 0.920. The van der Waals surface area contributed by atoms with Gasteiger partial charge in [0, 0.05) is 37.8 Å². The summed E-state index contributed by atoms with van der Waals surface area (Å²) in [6, 6.07) is 9.27. The maximum Gasteiger partial charge on any atom is 0.256 e. The van der Waals surface area contributed by atoms with E-state index in [1.54, 1.807) is 17.2 Å². The molecule has 0 aliphatic carbocycles. The number of amides is 1. The molecule has 0 unspecified atom stereocenters. The van der Waals surface area contributed by atoms with Gasteiger partial charge >= 0.3 is 0 Å². The number of nitrogens with zero attached hydrogens (tertiary/aromatic N) is 3. The molecule has 1 aliphatic rings. The van der Waals surface area contributed by atoms with Crippen LogP contribution in [0.1, 0.15) is 10.4 Å². The highest BCUT2D eigenvalue weighted by molar-refractivity contribution is 7.88. The molecule has 0 atom stereocenters. The number of carbonyl (C=O) groups is 1. The molecule has 1 aliphatic heterocycles. The third-order valence-corrected chi connectivity index (χ3v) is 5.16. The van der Waals surface area contributed by atoms with Crippen LogP contribution < -0.4 is 0 Å². The minimum Gasteiger partial charge on any atom is -0.336 e. The number of carbonyl (C=O) groups excluding carboxylic acids is 1. The third kappa shape index (κ3) is 2.82. The molecule has 7 heteroatoms. The fraction of sp³-hybridized carbons (Fsp3) is 0.333. The lowest BCUT2D eigenvalue weighted by molar-refractivity contribution is 0.0700. The fourth-order valence-corrected chi connectivity index (χ4v) is 3.50. The van der Waals surface area contributed by atoms with Crippen molar-refractivity contribution in [3.8, 4) is 0 Å². The first-order valence-corrected chi connectivity index (χ1v) is 8.90. The van der Waals surface area contributed by atoms with Gasteiger partial charge < -0.3 is 4.90 Å². The molecule has 1 saturated heterocycles. The molecule has 3 rings (SSSR count). The molecule has 0 bridgehead atoms. The van der Waals surface area contributed by atoms with E-state index >= 15 is 0 Å². The number of para-hydroxylation sites is 1. The molecule has 0 N–H and O–H groups in total. The van der Waals surface area contributed by atoms with Crippen molar-refractivity contribution in [2.45, 2.75) is 0 Å². The monoisotopic (exact) mass is 319 g/mol. The minimum atomic E-state index is -3.19. The van der Waals surface area contributed by atoms with Crippen molar-refractivity contribution in [3.05, 3.63) is 42.1 Å². The number of piperazine rings is 1. The average Bonchev–Trinajstić information content (AvgIpc) is 2.53. The topological polar surface area (TPSA) is 70.6 Å². The Morgan fingerprint density at radius 1 is 1.09 bits per heavy atom. The first-order valence-electron chi connectivity index (χ1n) is 7.05. The van der Waals surface area contributed by atoms with Gasteiger partial charge in [-0.25, -0.2) is 8.42 Å². The Hall–Kier alpha value is -1.99. The number of sulfonamides is 1. The Morgan fingerprint density at radius 3 is 2.45 bits per heavy atom. The first-order chi connectivity index (χ1) is 10.5. The Balaban J connectivity index is 1.83. The number of hydrogen-bond acceptors (Lipinski definition) is 4. The van der Waals surface area contributed by atoms with Crippen LogP contribution in [0.5, 0.6) is 0 Å². The zero-order chi connectivity index (χ0) is 15.7. The Labute approximate surface area is 129 Å². The highest BCUT2D eigenvalue weighted by Gasteiger charge is 2.27. The molecule has 0 radical (unpaired) electrons. The molecule has 0 spiro atoms. The summed E-state index contributed by atoms with van der Waals surface area (Å²) >= 11 is 0. The van der Waals surface area contributed by atoms with Gasteiger partial charge in [-0.3, -0.25) is 9.78 Å². The van der Waals surface area contributed by atoms with E-state index in [1.165, 1.54) is 10.6 Å². The van der Waals surface area contributed by atoms with E-state index in [2.05, 4.69) is 4.98 Å². The van der Waals surface area contributed by atoms with E-state index in [9.17, 15) is 13.2 Å². The summed E-state index contributed by atoms with van der Waals surface area (Å²) < 4.78 is 24.4. The zero-order valence-corrected chi connectivity index (χ0v) is 13.1. The number of aromatic nitrogens is 1. The average molecular weight is 319 g/mol. The van der Waals surface area contributed by atoms with Crippen molar-refractivity contribution < 1.29 is 13.2 Å². The van der Waals surface area contributed by atoms with Gasteiger partial charge in [-0.05, 0) is 12.1 Å². The lowest BCUT2D eigenvalue weighted by Gasteiger charge is -2.33. The molecule has 0 saturated carbocycles. The Morgan fingerprint density at radius 2 is 1.77 bits per heavy atom. The van der Waals surface area contributed by atoms with Gasteiger partial charge in [0.25, 0.3) is 5.91 Å². The predicted octanol–water partition coefficient (Wildman–Crippen LogP) is 0.952. The van der Waals surface area contributed by atoms with Gasteiger partial charge in [0.2, 0.25) is 10.0 Å². The smallest absolute Gasteiger partial charge is 0.256 e. The normalized spacial score (nSPS) is 16.9. The second-order valence-electron chi connectivity index (χ2n) is 5.33. The lowest BCUT2D eigenvalue weighted by Crippen LogP contribution is -2.50. The van der Waals surface area contributed by atoms with E-state index in [-0.39, 0.29) is 5.91 Å². The maximum absolute atomic E-state index is 12.7. The van der Waals surface area contributed by atoms with Gasteiger partial charge in [0.15, 0.2) is 0 Å². The standard InChI is InChI=1S/C15H17N3O3S/c1-22(20,21)18-10-8-17(9-11-18)15(19)13-6-2-4-12-5-3-7-16-14(12)13/h2-7H,8-11H2,1H3. The molecule has 1 aromatic heterocycles. The summed E-state index contributed by atoms with van der Waals surface area (Å²) in [6.45, 7) is 1.47. The molecule has 1 amide bonds. The fourth-order valence-electron chi connectivity index (χ4n) is 2.67. The van der Waals surface area contributed by atoms with Gasteiger partial charge in [-0.2, -0.15) is 4.31 Å². The Bertz CT molecular complexity index is 806. The predicted molar refractivity (Wildman–Crippen MR) is 84.1 cm³/mol. The molecule has 2 aromatic rings. The summed E-state index contributed by atoms with van der Waals surface area (Å²) in [4.78, 5) is 18.7. The zero-order valence-electron chi connectivity index (χ0n) is 12.3. The first kappa shape index (κ1) is 14.9. The minimum absolute atomic E-state index is 0.0996. The molecule has 1 aromatic carbocycles. The van der Waals surface area contributed by atoms with Crippen molar-refractivity contribution in [2.75, 3.05) is 32.4 Å². The second kappa shape index (κ2) is 5.66. The molecule has 1 fully saturated rings. The highest BCUT2D eigenvalue weighted by Crippen LogP contribution is 2.19. The number of rotatable bonds is 2. The van der Waals surface area contributed by atoms with E-state index in [4.69, 9.17) is 0 Å². The molecule has 6 nitrogen and oxygen atoms in total. The van der Waals surface area contributed by atoms with Crippen molar-refractivity contribution >= 4 is 26.8 Å². The summed E-state index contributed by atoms with van der Waals surface area (Å²) in [5.74, 6) is -0.0996. The maximum atomic E-state index is 12.7. The third-order valence-electron chi connectivity index (χ3n) is 3.86. The van der Waals surface area contributed by atoms with Gasteiger partial charge in [0.1, 0.15) is 0 Å². The summed E-state index contributed by atoms with van der Waals surface area (Å²) in [7, 11) is -3.19. The van der Waals surface area contributed by atoms with E-state index in [0.29, 0.717) is 37.3 Å². The van der Waals surface area contributed by atoms with Crippen LogP contribution in [0.25, 0.3) is 10.9 Å². The van der Waals surface area contributed by atoms with E-state index in [0.717, 1.165) is 5.39 Å². The van der Waals surface area contributed by atoms with Gasteiger partial charge in [0.05, 0.1) is 17.3 Å². The number of hydrogen-bond donors (Lipinski definition) is 0. The van der Waals surface area contributed by atoms with Crippen LogP contribution in [0.3, 0.4) is 0 Å². The molecule has 116 valence electrons. The van der Waals surface area contributed by atoms with Crippen LogP contribution in [-0.2, 0) is 10.0 Å². The molecule has 22 heavy (non-hydrogen) atoms. The molecular formula is C15H17N3O3S. The van der Waals surface area contributed by atoms with Crippen LogP contribution in [0.15, 0.2) is 36.5 Å². The molecular weight excluding hydrogens is 302 g/mol. The largest absolute Gasteiger partial charge is 0.336 e. The van der Waals surface area contributed by atoms with Gasteiger partial charge in [-0.1, -0.05) is 18.2 Å². The second-order valence-corrected chi connectivity index (χ2v) is 7.32. The van der Waals surface area contributed by atoms with Gasteiger partial charge in [-0.15, -0.1) is 0 Å². The van der Waals surface area contributed by atoms with Crippen molar-refractivity contribution in [3.63, 3.8) is 0 Å². The van der Waals surface area contributed by atoms with Crippen LogP contribution >= 0.6 is 0 Å². The summed E-state index contributed by atoms with van der Waals surface area (Å²) in [5.41, 5.74) is 1.24. The van der Waals surface area contributed by atoms with Crippen molar-refractivity contribution in [1.29, 1.82) is 0 Å². The summed E-state index contributed by atoms with van der Waals surface area (Å²) in [6.07, 6.45) is 2.86. The van der Waals surface area contributed by atoms with Crippen LogP contribution in [-0.4, -0.2) is 60.9 Å². The van der Waals surface area contributed by atoms with Crippen molar-refractivity contribution in [2.24, 2.45) is 0 Å². The Kier molecular flexibility index (Phi) is 3.84. The SMILES string of the molecule is CS(=O)(=O)N1CCN(C(=O)c2cccc3cccnc23)CC1. The van der Waals surface area contributed by atoms with Crippen LogP contribution in [0.2, 0.25) is 0 Å². The number of pyridine rings is 1.